The van der Waals surface area contributed by atoms with Crippen LogP contribution < -0.4 is 5.32 Å². The molecule has 25 heavy (non-hydrogen) atoms. The number of hydrogen-bond acceptors (Lipinski definition) is 5. The molecule has 0 bridgehead atoms. The van der Waals surface area contributed by atoms with Crippen molar-refractivity contribution in [2.24, 2.45) is 0 Å². The number of rotatable bonds is 5. The van der Waals surface area contributed by atoms with Crippen LogP contribution in [0.25, 0.3) is 0 Å². The van der Waals surface area contributed by atoms with Crippen LogP contribution in [0.5, 0.6) is 0 Å². The minimum atomic E-state index is -0.811. The van der Waals surface area contributed by atoms with Gasteiger partial charge in [-0.2, -0.15) is 0 Å². The first-order valence-electron chi connectivity index (χ1n) is 7.65. The molecule has 1 aromatic heterocycles. The molecule has 0 unspecified atom stereocenters. The Kier molecular flexibility index (Phi) is 6.22. The molecule has 1 aromatic carbocycles. The van der Waals surface area contributed by atoms with Gasteiger partial charge in [-0.25, -0.2) is 4.79 Å². The smallest absolute Gasteiger partial charge is 0.339 e. The largest absolute Gasteiger partial charge is 0.465 e. The van der Waals surface area contributed by atoms with Gasteiger partial charge < -0.3 is 15.0 Å². The Hall–Kier alpha value is -3.22. The number of hydrogen-bond donors (Lipinski definition) is 1. The summed E-state index contributed by atoms with van der Waals surface area (Å²) in [7, 11) is 2.80. The van der Waals surface area contributed by atoms with Crippen molar-refractivity contribution >= 4 is 23.5 Å². The van der Waals surface area contributed by atoms with E-state index in [-0.39, 0.29) is 11.3 Å². The normalized spacial score (nSPS) is 10.0. The molecule has 2 rings (SSSR count). The monoisotopic (exact) mass is 341 g/mol. The van der Waals surface area contributed by atoms with Gasteiger partial charge in [0.15, 0.2) is 0 Å². The average molecular weight is 341 g/mol. The van der Waals surface area contributed by atoms with E-state index in [4.69, 9.17) is 0 Å². The summed E-state index contributed by atoms with van der Waals surface area (Å²) in [5.41, 5.74) is 1.44. The molecule has 130 valence electrons. The Morgan fingerprint density at radius 3 is 2.48 bits per heavy atom. The van der Waals surface area contributed by atoms with Crippen LogP contribution in [0.3, 0.4) is 0 Å². The highest BCUT2D eigenvalue weighted by molar-refractivity contribution is 6.39. The lowest BCUT2D eigenvalue weighted by atomic mass is 10.1. The molecule has 7 nitrogen and oxygen atoms in total. The number of aromatic nitrogens is 1. The number of benzene rings is 1. The molecule has 0 aliphatic heterocycles. The number of pyridine rings is 1. The number of carbonyl (C=O) groups excluding carboxylic acids is 3. The van der Waals surface area contributed by atoms with E-state index >= 15 is 0 Å². The van der Waals surface area contributed by atoms with Gasteiger partial charge in [0, 0.05) is 26.0 Å². The quantitative estimate of drug-likeness (QED) is 0.658. The molecular formula is C18H19N3O4. The standard InChI is InChI=1S/C18H19N3O4/c1-21(12-9-13-7-10-19-11-8-13)17(23)16(22)20-15-6-4-3-5-14(15)18(24)25-2/h3-8,10-11H,9,12H2,1-2H3,(H,20,22). The number of para-hydroxylation sites is 1. The maximum Gasteiger partial charge on any atom is 0.339 e. The lowest BCUT2D eigenvalue weighted by Gasteiger charge is -2.17. The van der Waals surface area contributed by atoms with Crippen molar-refractivity contribution in [1.29, 1.82) is 0 Å². The highest BCUT2D eigenvalue weighted by Crippen LogP contribution is 2.16. The molecule has 0 radical (unpaired) electrons. The van der Waals surface area contributed by atoms with Gasteiger partial charge in [-0.15, -0.1) is 0 Å². The number of methoxy groups -OCH3 is 1. The number of amides is 2. The Morgan fingerprint density at radius 1 is 1.12 bits per heavy atom. The third kappa shape index (κ3) is 4.87. The van der Waals surface area contributed by atoms with Crippen LogP contribution in [0.2, 0.25) is 0 Å². The molecule has 7 heteroatoms. The molecule has 1 N–H and O–H groups in total. The fourth-order valence-corrected chi connectivity index (χ4v) is 2.18. The average Bonchev–Trinajstić information content (AvgIpc) is 2.66. The molecule has 0 aliphatic rings. The molecule has 2 aromatic rings. The second kappa shape index (κ2) is 8.58. The summed E-state index contributed by atoms with van der Waals surface area (Å²) in [5.74, 6) is -2.09. The van der Waals surface area contributed by atoms with Gasteiger partial charge in [0.2, 0.25) is 0 Å². The topological polar surface area (TPSA) is 88.6 Å². The summed E-state index contributed by atoms with van der Waals surface area (Å²) in [4.78, 5) is 41.3. The van der Waals surface area contributed by atoms with Gasteiger partial charge in [0.25, 0.3) is 0 Å². The molecule has 0 aliphatic carbocycles. The Morgan fingerprint density at radius 2 is 1.80 bits per heavy atom. The number of nitrogens with zero attached hydrogens (tertiary/aromatic N) is 2. The van der Waals surface area contributed by atoms with Crippen LogP contribution in [0.4, 0.5) is 5.69 Å². The van der Waals surface area contributed by atoms with Crippen molar-refractivity contribution in [3.63, 3.8) is 0 Å². The second-order valence-electron chi connectivity index (χ2n) is 5.32. The zero-order valence-corrected chi connectivity index (χ0v) is 14.1. The summed E-state index contributed by atoms with van der Waals surface area (Å²) in [6.45, 7) is 0.384. The number of anilines is 1. The second-order valence-corrected chi connectivity index (χ2v) is 5.32. The molecule has 0 fully saturated rings. The van der Waals surface area contributed by atoms with Crippen LogP contribution >= 0.6 is 0 Å². The summed E-state index contributed by atoms with van der Waals surface area (Å²) in [6, 6.07) is 10.0. The van der Waals surface area contributed by atoms with Crippen molar-refractivity contribution < 1.29 is 19.1 Å². The van der Waals surface area contributed by atoms with E-state index in [9.17, 15) is 14.4 Å². The number of carbonyl (C=O) groups is 3. The predicted molar refractivity (Wildman–Crippen MR) is 92.0 cm³/mol. The van der Waals surface area contributed by atoms with Crippen LogP contribution in [-0.4, -0.2) is 48.4 Å². The van der Waals surface area contributed by atoms with Gasteiger partial charge in [0.05, 0.1) is 18.4 Å². The summed E-state index contributed by atoms with van der Waals surface area (Å²) >= 11 is 0. The van der Waals surface area contributed by atoms with E-state index in [2.05, 4.69) is 15.0 Å². The van der Waals surface area contributed by atoms with Crippen molar-refractivity contribution in [2.45, 2.75) is 6.42 Å². The van der Waals surface area contributed by atoms with E-state index in [1.165, 1.54) is 24.1 Å². The summed E-state index contributed by atoms with van der Waals surface area (Å²) in [5, 5.41) is 2.46. The van der Waals surface area contributed by atoms with Crippen molar-refractivity contribution in [2.75, 3.05) is 26.0 Å². The van der Waals surface area contributed by atoms with E-state index in [1.54, 1.807) is 31.6 Å². The maximum absolute atomic E-state index is 12.2. The zero-order chi connectivity index (χ0) is 18.2. The molecule has 0 saturated heterocycles. The molecule has 0 atom stereocenters. The van der Waals surface area contributed by atoms with E-state index in [0.717, 1.165) is 5.56 Å². The van der Waals surface area contributed by atoms with Crippen LogP contribution in [0.1, 0.15) is 15.9 Å². The van der Waals surface area contributed by atoms with Gasteiger partial charge in [-0.05, 0) is 36.2 Å². The van der Waals surface area contributed by atoms with Crippen molar-refractivity contribution in [3.8, 4) is 0 Å². The fourth-order valence-electron chi connectivity index (χ4n) is 2.18. The van der Waals surface area contributed by atoms with Gasteiger partial charge >= 0.3 is 17.8 Å². The Bertz CT molecular complexity index is 762. The first-order valence-corrected chi connectivity index (χ1v) is 7.65. The Labute approximate surface area is 145 Å². The lowest BCUT2D eigenvalue weighted by Crippen LogP contribution is -2.38. The zero-order valence-electron chi connectivity index (χ0n) is 14.1. The van der Waals surface area contributed by atoms with E-state index in [1.807, 2.05) is 12.1 Å². The maximum atomic E-state index is 12.2. The Balaban J connectivity index is 1.98. The van der Waals surface area contributed by atoms with E-state index < -0.39 is 17.8 Å². The molecule has 1 heterocycles. The predicted octanol–water partition coefficient (Wildman–Crippen LogP) is 1.51. The highest BCUT2D eigenvalue weighted by Gasteiger charge is 2.21. The molecule has 0 spiro atoms. The molecule has 0 saturated carbocycles. The third-order valence-corrected chi connectivity index (χ3v) is 3.61. The number of likely N-dealkylation sites (N-methyl/N-ethyl adjacent to an activating group) is 1. The highest BCUT2D eigenvalue weighted by atomic mass is 16.5. The van der Waals surface area contributed by atoms with Crippen LogP contribution in [0.15, 0.2) is 48.8 Å². The first-order chi connectivity index (χ1) is 12.0. The van der Waals surface area contributed by atoms with Crippen molar-refractivity contribution in [1.82, 2.24) is 9.88 Å². The number of esters is 1. The summed E-state index contributed by atoms with van der Waals surface area (Å²) < 4.78 is 4.66. The molecule has 2 amide bonds. The van der Waals surface area contributed by atoms with Gasteiger partial charge in [-0.3, -0.25) is 14.6 Å². The first kappa shape index (κ1) is 18.1. The SMILES string of the molecule is COC(=O)c1ccccc1NC(=O)C(=O)N(C)CCc1ccncc1. The van der Waals surface area contributed by atoms with Crippen LogP contribution in [0, 0.1) is 0 Å². The fraction of sp³-hybridized carbons (Fsp3) is 0.222. The third-order valence-electron chi connectivity index (χ3n) is 3.61. The van der Waals surface area contributed by atoms with Gasteiger partial charge in [0.1, 0.15) is 0 Å². The minimum absolute atomic E-state index is 0.186. The van der Waals surface area contributed by atoms with Crippen LogP contribution in [-0.2, 0) is 20.7 Å². The minimum Gasteiger partial charge on any atom is -0.465 e. The van der Waals surface area contributed by atoms with Crippen molar-refractivity contribution in [3.05, 3.63) is 59.9 Å². The summed E-state index contributed by atoms with van der Waals surface area (Å²) in [6.07, 6.45) is 3.96. The number of nitrogens with one attached hydrogen (secondary N) is 1. The molecular weight excluding hydrogens is 322 g/mol. The van der Waals surface area contributed by atoms with Gasteiger partial charge in [-0.1, -0.05) is 12.1 Å². The number of ether oxygens (including phenoxy) is 1. The van der Waals surface area contributed by atoms with E-state index in [0.29, 0.717) is 13.0 Å². The lowest BCUT2D eigenvalue weighted by molar-refractivity contribution is -0.142.